The van der Waals surface area contributed by atoms with Crippen LogP contribution in [0.3, 0.4) is 0 Å². The van der Waals surface area contributed by atoms with Crippen LogP contribution < -0.4 is 5.32 Å². The topological polar surface area (TPSA) is 12.0 Å². The fourth-order valence-corrected chi connectivity index (χ4v) is 2.26. The Balaban J connectivity index is 1.95. The molecule has 1 aliphatic heterocycles. The highest BCUT2D eigenvalue weighted by molar-refractivity contribution is 5.16. The van der Waals surface area contributed by atoms with Crippen LogP contribution >= 0.6 is 0 Å². The van der Waals surface area contributed by atoms with Crippen molar-refractivity contribution in [3.8, 4) is 0 Å². The largest absolute Gasteiger partial charge is 0.316 e. The van der Waals surface area contributed by atoms with Crippen LogP contribution in [0.15, 0.2) is 24.3 Å². The Bertz CT molecular complexity index is 303. The molecule has 1 aromatic rings. The Morgan fingerprint density at radius 1 is 1.33 bits per heavy atom. The first kappa shape index (κ1) is 10.6. The molecule has 82 valence electrons. The van der Waals surface area contributed by atoms with E-state index in [0.717, 1.165) is 25.1 Å². The van der Waals surface area contributed by atoms with Crippen molar-refractivity contribution in [3.63, 3.8) is 0 Å². The summed E-state index contributed by atoms with van der Waals surface area (Å²) in [6.45, 7) is 2.22. The van der Waals surface area contributed by atoms with Gasteiger partial charge in [0, 0.05) is 0 Å². The zero-order chi connectivity index (χ0) is 10.5. The van der Waals surface area contributed by atoms with Gasteiger partial charge < -0.3 is 5.32 Å². The van der Waals surface area contributed by atoms with E-state index < -0.39 is 0 Å². The van der Waals surface area contributed by atoms with Crippen LogP contribution in [-0.4, -0.2) is 13.1 Å². The molecule has 0 amide bonds. The molecule has 15 heavy (non-hydrogen) atoms. The lowest BCUT2D eigenvalue weighted by atomic mass is 9.95. The van der Waals surface area contributed by atoms with E-state index in [1.54, 1.807) is 12.1 Å². The van der Waals surface area contributed by atoms with Crippen molar-refractivity contribution >= 4 is 0 Å². The maximum Gasteiger partial charge on any atom is 0.123 e. The van der Waals surface area contributed by atoms with Gasteiger partial charge in [0.15, 0.2) is 0 Å². The lowest BCUT2D eigenvalue weighted by Crippen LogP contribution is -2.21. The average Bonchev–Trinajstić information content (AvgIpc) is 2.46. The normalized spacial score (nSPS) is 22.3. The molecule has 0 aromatic heterocycles. The van der Waals surface area contributed by atoms with Crippen LogP contribution in [0, 0.1) is 11.7 Å². The molecule has 1 unspecified atom stereocenters. The van der Waals surface area contributed by atoms with Crippen LogP contribution in [-0.2, 0) is 6.42 Å². The summed E-state index contributed by atoms with van der Waals surface area (Å²) < 4.78 is 13.0. The van der Waals surface area contributed by atoms with Gasteiger partial charge >= 0.3 is 0 Å². The van der Waals surface area contributed by atoms with Crippen molar-refractivity contribution in [2.45, 2.75) is 25.7 Å². The summed E-state index contributed by atoms with van der Waals surface area (Å²) >= 11 is 0. The van der Waals surface area contributed by atoms with Gasteiger partial charge in [0.25, 0.3) is 0 Å². The predicted molar refractivity (Wildman–Crippen MR) is 60.3 cm³/mol. The van der Waals surface area contributed by atoms with Gasteiger partial charge in [-0.05, 0) is 56.0 Å². The number of hydrogen-bond donors (Lipinski definition) is 1. The minimum Gasteiger partial charge on any atom is -0.316 e. The molecule has 1 atom stereocenters. The molecule has 1 aliphatic rings. The van der Waals surface area contributed by atoms with Crippen molar-refractivity contribution in [2.75, 3.05) is 13.1 Å². The lowest BCUT2D eigenvalue weighted by molar-refractivity contribution is 0.476. The molecular formula is C13H18FN. The molecule has 1 N–H and O–H groups in total. The van der Waals surface area contributed by atoms with E-state index >= 15 is 0 Å². The highest BCUT2D eigenvalue weighted by atomic mass is 19.1. The summed E-state index contributed by atoms with van der Waals surface area (Å²) in [6.07, 6.45) is 4.85. The quantitative estimate of drug-likeness (QED) is 0.786. The Labute approximate surface area is 90.7 Å². The molecule has 0 spiro atoms. The summed E-state index contributed by atoms with van der Waals surface area (Å²) in [5, 5.41) is 3.44. The van der Waals surface area contributed by atoms with Gasteiger partial charge in [0.05, 0.1) is 0 Å². The highest BCUT2D eigenvalue weighted by Gasteiger charge is 2.12. The van der Waals surface area contributed by atoms with Crippen molar-refractivity contribution in [3.05, 3.63) is 35.6 Å². The molecule has 1 aromatic carbocycles. The lowest BCUT2D eigenvalue weighted by Gasteiger charge is -2.13. The van der Waals surface area contributed by atoms with Crippen molar-refractivity contribution in [1.82, 2.24) is 5.32 Å². The van der Waals surface area contributed by atoms with Gasteiger partial charge in [0.1, 0.15) is 5.82 Å². The van der Waals surface area contributed by atoms with Crippen LogP contribution in [0.1, 0.15) is 24.8 Å². The first-order chi connectivity index (χ1) is 7.34. The highest BCUT2D eigenvalue weighted by Crippen LogP contribution is 2.17. The molecule has 0 radical (unpaired) electrons. The van der Waals surface area contributed by atoms with Crippen LogP contribution in [0.25, 0.3) is 0 Å². The molecule has 1 nitrogen and oxygen atoms in total. The zero-order valence-corrected chi connectivity index (χ0v) is 9.01. The van der Waals surface area contributed by atoms with Crippen molar-refractivity contribution < 1.29 is 4.39 Å². The van der Waals surface area contributed by atoms with E-state index in [-0.39, 0.29) is 5.82 Å². The van der Waals surface area contributed by atoms with E-state index in [1.807, 2.05) is 6.07 Å². The Kier molecular flexibility index (Phi) is 3.73. The minimum absolute atomic E-state index is 0.117. The zero-order valence-electron chi connectivity index (χ0n) is 9.01. The summed E-state index contributed by atoms with van der Waals surface area (Å²) in [5.41, 5.74) is 1.13. The summed E-state index contributed by atoms with van der Waals surface area (Å²) in [7, 11) is 0. The third kappa shape index (κ3) is 3.31. The first-order valence-corrected chi connectivity index (χ1v) is 5.80. The Morgan fingerprint density at radius 2 is 2.27 bits per heavy atom. The standard InChI is InChI=1S/C13H18FN/c14-13-6-3-5-11(9-13)8-12-4-1-2-7-15-10-12/h3,5-6,9,12,15H,1-2,4,7-8,10H2. The van der Waals surface area contributed by atoms with Crippen LogP contribution in [0.4, 0.5) is 4.39 Å². The second-order valence-corrected chi connectivity index (χ2v) is 4.40. The van der Waals surface area contributed by atoms with Gasteiger partial charge in [0.2, 0.25) is 0 Å². The fraction of sp³-hybridized carbons (Fsp3) is 0.538. The molecule has 1 heterocycles. The van der Waals surface area contributed by atoms with Gasteiger partial charge in [-0.25, -0.2) is 4.39 Å². The summed E-state index contributed by atoms with van der Waals surface area (Å²) in [5.74, 6) is 0.559. The SMILES string of the molecule is Fc1cccc(CC2CCCCNC2)c1. The fourth-order valence-electron chi connectivity index (χ4n) is 2.26. The van der Waals surface area contributed by atoms with E-state index in [2.05, 4.69) is 5.32 Å². The number of halogens is 1. The Morgan fingerprint density at radius 3 is 3.13 bits per heavy atom. The van der Waals surface area contributed by atoms with Crippen molar-refractivity contribution in [2.24, 2.45) is 5.92 Å². The van der Waals surface area contributed by atoms with Gasteiger partial charge in [-0.3, -0.25) is 0 Å². The summed E-state index contributed by atoms with van der Waals surface area (Å²) in [6, 6.07) is 6.99. The molecule has 0 bridgehead atoms. The second kappa shape index (κ2) is 5.26. The molecule has 0 saturated carbocycles. The van der Waals surface area contributed by atoms with E-state index in [0.29, 0.717) is 5.92 Å². The monoisotopic (exact) mass is 207 g/mol. The van der Waals surface area contributed by atoms with Crippen LogP contribution in [0.5, 0.6) is 0 Å². The molecule has 1 fully saturated rings. The second-order valence-electron chi connectivity index (χ2n) is 4.40. The smallest absolute Gasteiger partial charge is 0.123 e. The summed E-state index contributed by atoms with van der Waals surface area (Å²) in [4.78, 5) is 0. The maximum atomic E-state index is 13.0. The number of nitrogens with one attached hydrogen (secondary N) is 1. The minimum atomic E-state index is -0.117. The van der Waals surface area contributed by atoms with Gasteiger partial charge in [-0.2, -0.15) is 0 Å². The van der Waals surface area contributed by atoms with Gasteiger partial charge in [-0.1, -0.05) is 18.6 Å². The molecule has 1 saturated heterocycles. The Hall–Kier alpha value is -0.890. The maximum absolute atomic E-state index is 13.0. The van der Waals surface area contributed by atoms with E-state index in [9.17, 15) is 4.39 Å². The van der Waals surface area contributed by atoms with E-state index in [4.69, 9.17) is 0 Å². The predicted octanol–water partition coefficient (Wildman–Crippen LogP) is 2.76. The molecular weight excluding hydrogens is 189 g/mol. The average molecular weight is 207 g/mol. The molecule has 0 aliphatic carbocycles. The van der Waals surface area contributed by atoms with Gasteiger partial charge in [-0.15, -0.1) is 0 Å². The van der Waals surface area contributed by atoms with E-state index in [1.165, 1.54) is 25.3 Å². The number of rotatable bonds is 2. The first-order valence-electron chi connectivity index (χ1n) is 5.80. The molecule has 2 heteroatoms. The third-order valence-corrected chi connectivity index (χ3v) is 3.06. The third-order valence-electron chi connectivity index (χ3n) is 3.06. The number of benzene rings is 1. The van der Waals surface area contributed by atoms with Crippen LogP contribution in [0.2, 0.25) is 0 Å². The molecule has 2 rings (SSSR count). The number of hydrogen-bond acceptors (Lipinski definition) is 1. The van der Waals surface area contributed by atoms with Crippen molar-refractivity contribution in [1.29, 1.82) is 0 Å².